The van der Waals surface area contributed by atoms with Gasteiger partial charge in [-0.05, 0) is 38.0 Å². The molecule has 0 amide bonds. The van der Waals surface area contributed by atoms with Gasteiger partial charge in [-0.1, -0.05) is 51.2 Å². The Bertz CT molecular complexity index is 1020. The molecule has 1 fully saturated rings. The van der Waals surface area contributed by atoms with E-state index < -0.39 is 10.0 Å². The van der Waals surface area contributed by atoms with Crippen molar-refractivity contribution in [3.8, 4) is 0 Å². The topological polar surface area (TPSA) is 66.4 Å². The van der Waals surface area contributed by atoms with Crippen LogP contribution in [-0.4, -0.2) is 54.6 Å². The summed E-state index contributed by atoms with van der Waals surface area (Å²) in [6.07, 6.45) is 6.95. The number of nitrogens with zero attached hydrogens (tertiary/aromatic N) is 4. The summed E-state index contributed by atoms with van der Waals surface area (Å²) in [5.41, 5.74) is 2.71. The van der Waals surface area contributed by atoms with Crippen LogP contribution in [0, 0.1) is 19.7 Å². The normalized spacial score (nSPS) is 15.2. The third-order valence-electron chi connectivity index (χ3n) is 6.26. The van der Waals surface area contributed by atoms with E-state index in [2.05, 4.69) is 16.8 Å². The number of halogens is 1. The van der Waals surface area contributed by atoms with Gasteiger partial charge in [-0.3, -0.25) is 0 Å². The van der Waals surface area contributed by atoms with Gasteiger partial charge in [0, 0.05) is 43.9 Å². The first-order chi connectivity index (χ1) is 15.8. The van der Waals surface area contributed by atoms with Crippen LogP contribution in [0.3, 0.4) is 0 Å². The molecule has 3 rings (SSSR count). The molecule has 0 saturated carbocycles. The zero-order valence-electron chi connectivity index (χ0n) is 20.2. The molecule has 33 heavy (non-hydrogen) atoms. The molecule has 0 bridgehead atoms. The first-order valence-corrected chi connectivity index (χ1v) is 13.7. The predicted molar refractivity (Wildman–Crippen MR) is 132 cm³/mol. The summed E-state index contributed by atoms with van der Waals surface area (Å²) in [6.45, 7) is 8.08. The number of hydrogen-bond acceptors (Lipinski definition) is 5. The summed E-state index contributed by atoms with van der Waals surface area (Å²) in [5.74, 6) is 1.49. The van der Waals surface area contributed by atoms with Crippen molar-refractivity contribution >= 4 is 15.8 Å². The Morgan fingerprint density at radius 3 is 2.36 bits per heavy atom. The Morgan fingerprint density at radius 1 is 0.970 bits per heavy atom. The summed E-state index contributed by atoms with van der Waals surface area (Å²) in [5, 5.41) is 0. The molecule has 0 N–H and O–H groups in total. The molecule has 1 aliphatic rings. The van der Waals surface area contributed by atoms with Crippen LogP contribution in [0.1, 0.15) is 68.1 Å². The number of piperazine rings is 1. The molecule has 8 heteroatoms. The minimum absolute atomic E-state index is 0.232. The summed E-state index contributed by atoms with van der Waals surface area (Å²) in [4.78, 5) is 11.4. The molecule has 6 nitrogen and oxygen atoms in total. The summed E-state index contributed by atoms with van der Waals surface area (Å²) in [7, 11) is -3.23. The second-order valence-corrected chi connectivity index (χ2v) is 11.0. The molecule has 1 aromatic carbocycles. The number of sulfonamides is 1. The summed E-state index contributed by atoms with van der Waals surface area (Å²) in [6, 6.07) is 6.59. The van der Waals surface area contributed by atoms with Crippen LogP contribution in [-0.2, 0) is 16.4 Å². The quantitative estimate of drug-likeness (QED) is 0.442. The molecule has 0 radical (unpaired) electrons. The van der Waals surface area contributed by atoms with E-state index in [0.29, 0.717) is 38.4 Å². The van der Waals surface area contributed by atoms with E-state index in [0.717, 1.165) is 41.9 Å². The molecule has 2 heterocycles. The number of unbranched alkanes of at least 4 members (excludes halogenated alkanes) is 5. The lowest BCUT2D eigenvalue weighted by Crippen LogP contribution is -2.49. The molecular weight excluding hydrogens is 439 g/mol. The standard InChI is InChI=1S/C25H37FN4O2S/c1-4-5-6-7-8-9-17-33(31,32)30-15-13-29(14-16-30)25-24(20(2)27-21(3)28-25)19-22-11-10-12-23(26)18-22/h10-12,18H,4-9,13-17,19H2,1-3H3. The predicted octanol–water partition coefficient (Wildman–Crippen LogP) is 4.64. The van der Waals surface area contributed by atoms with E-state index >= 15 is 0 Å². The number of hydrogen-bond donors (Lipinski definition) is 0. The van der Waals surface area contributed by atoms with Gasteiger partial charge in [-0.25, -0.2) is 22.8 Å². The SMILES string of the molecule is CCCCCCCCS(=O)(=O)N1CCN(c2nc(C)nc(C)c2Cc2cccc(F)c2)CC1. The highest BCUT2D eigenvalue weighted by Crippen LogP contribution is 2.26. The molecule has 0 unspecified atom stereocenters. The van der Waals surface area contributed by atoms with Crippen molar-refractivity contribution in [1.29, 1.82) is 0 Å². The zero-order chi connectivity index (χ0) is 23.8. The Labute approximate surface area is 198 Å². The average molecular weight is 477 g/mol. The highest BCUT2D eigenvalue weighted by Gasteiger charge is 2.28. The lowest BCUT2D eigenvalue weighted by molar-refractivity contribution is 0.382. The van der Waals surface area contributed by atoms with Crippen LogP contribution >= 0.6 is 0 Å². The van der Waals surface area contributed by atoms with Gasteiger partial charge in [-0.2, -0.15) is 4.31 Å². The fourth-order valence-electron chi connectivity index (χ4n) is 4.41. The lowest BCUT2D eigenvalue weighted by Gasteiger charge is -2.36. The first-order valence-electron chi connectivity index (χ1n) is 12.1. The van der Waals surface area contributed by atoms with E-state index in [9.17, 15) is 12.8 Å². The number of anilines is 1. The third kappa shape index (κ3) is 7.21. The van der Waals surface area contributed by atoms with Crippen LogP contribution in [0.4, 0.5) is 10.2 Å². The molecule has 0 aliphatic carbocycles. The zero-order valence-corrected chi connectivity index (χ0v) is 21.0. The monoisotopic (exact) mass is 476 g/mol. The van der Waals surface area contributed by atoms with Crippen molar-refractivity contribution < 1.29 is 12.8 Å². The maximum Gasteiger partial charge on any atom is 0.214 e. The second-order valence-electron chi connectivity index (χ2n) is 8.93. The van der Waals surface area contributed by atoms with E-state index in [1.165, 1.54) is 31.4 Å². The highest BCUT2D eigenvalue weighted by atomic mass is 32.2. The van der Waals surface area contributed by atoms with Crippen LogP contribution in [0.5, 0.6) is 0 Å². The van der Waals surface area contributed by atoms with Gasteiger partial charge in [0.1, 0.15) is 17.5 Å². The molecule has 2 aromatic rings. The third-order valence-corrected chi connectivity index (χ3v) is 8.22. The van der Waals surface area contributed by atoms with Gasteiger partial charge in [0.15, 0.2) is 0 Å². The van der Waals surface area contributed by atoms with E-state index in [-0.39, 0.29) is 11.6 Å². The van der Waals surface area contributed by atoms with Gasteiger partial charge in [0.25, 0.3) is 0 Å². The molecule has 182 valence electrons. The Morgan fingerprint density at radius 2 is 1.67 bits per heavy atom. The highest BCUT2D eigenvalue weighted by molar-refractivity contribution is 7.89. The van der Waals surface area contributed by atoms with Crippen molar-refractivity contribution in [3.05, 3.63) is 52.7 Å². The van der Waals surface area contributed by atoms with Crippen LogP contribution in [0.25, 0.3) is 0 Å². The largest absolute Gasteiger partial charge is 0.354 e. The summed E-state index contributed by atoms with van der Waals surface area (Å²) >= 11 is 0. The van der Waals surface area contributed by atoms with Crippen LogP contribution in [0.15, 0.2) is 24.3 Å². The van der Waals surface area contributed by atoms with E-state index in [1.54, 1.807) is 10.4 Å². The lowest BCUT2D eigenvalue weighted by atomic mass is 10.0. The minimum atomic E-state index is -3.23. The van der Waals surface area contributed by atoms with Crippen molar-refractivity contribution in [2.45, 2.75) is 65.7 Å². The van der Waals surface area contributed by atoms with E-state index in [4.69, 9.17) is 4.98 Å². The van der Waals surface area contributed by atoms with Crippen molar-refractivity contribution in [2.24, 2.45) is 0 Å². The molecule has 0 spiro atoms. The molecule has 1 aromatic heterocycles. The summed E-state index contributed by atoms with van der Waals surface area (Å²) < 4.78 is 41.0. The molecule has 0 atom stereocenters. The molecule has 1 aliphatic heterocycles. The van der Waals surface area contributed by atoms with Gasteiger partial charge < -0.3 is 4.90 Å². The van der Waals surface area contributed by atoms with Crippen molar-refractivity contribution in [2.75, 3.05) is 36.8 Å². The number of aryl methyl sites for hydroxylation is 2. The first kappa shape index (κ1) is 25.6. The van der Waals surface area contributed by atoms with Crippen LogP contribution < -0.4 is 4.90 Å². The maximum atomic E-state index is 13.7. The number of benzene rings is 1. The maximum absolute atomic E-state index is 13.7. The Kier molecular flexibility index (Phi) is 9.20. The van der Waals surface area contributed by atoms with Crippen molar-refractivity contribution in [3.63, 3.8) is 0 Å². The number of aromatic nitrogens is 2. The Hall–Kier alpha value is -2.06. The average Bonchev–Trinajstić information content (AvgIpc) is 2.78. The molecule has 1 saturated heterocycles. The van der Waals surface area contributed by atoms with E-state index in [1.807, 2.05) is 19.9 Å². The fourth-order valence-corrected chi connectivity index (χ4v) is 5.96. The van der Waals surface area contributed by atoms with Gasteiger partial charge in [-0.15, -0.1) is 0 Å². The van der Waals surface area contributed by atoms with Crippen LogP contribution in [0.2, 0.25) is 0 Å². The fraction of sp³-hybridized carbons (Fsp3) is 0.600. The molecular formula is C25H37FN4O2S. The smallest absolute Gasteiger partial charge is 0.214 e. The van der Waals surface area contributed by atoms with Crippen molar-refractivity contribution in [1.82, 2.24) is 14.3 Å². The Balaban J connectivity index is 1.64. The van der Waals surface area contributed by atoms with Gasteiger partial charge >= 0.3 is 0 Å². The number of rotatable bonds is 11. The van der Waals surface area contributed by atoms with Gasteiger partial charge in [0.05, 0.1) is 5.75 Å². The second kappa shape index (κ2) is 11.9. The minimum Gasteiger partial charge on any atom is -0.354 e. The van der Waals surface area contributed by atoms with Gasteiger partial charge in [0.2, 0.25) is 10.0 Å².